The van der Waals surface area contributed by atoms with E-state index in [-0.39, 0.29) is 0 Å². The van der Waals surface area contributed by atoms with Crippen LogP contribution in [0.25, 0.3) is 0 Å². The molecule has 0 saturated heterocycles. The largest absolute Gasteiger partial charge is 0.384 e. The minimum absolute atomic E-state index is 0.350. The van der Waals surface area contributed by atoms with E-state index in [0.29, 0.717) is 38.5 Å². The van der Waals surface area contributed by atoms with Gasteiger partial charge in [0.25, 0.3) is 0 Å². The van der Waals surface area contributed by atoms with E-state index in [9.17, 15) is 0 Å². The number of ether oxygens (including phenoxy) is 1. The fraction of sp³-hybridized carbons (Fsp3) is 0.938. The highest BCUT2D eigenvalue weighted by Gasteiger charge is 2.68. The molecule has 0 bridgehead atoms. The van der Waals surface area contributed by atoms with Crippen LogP contribution in [0, 0.1) is 50.2 Å². The standard InChI is InChI=1S/C32H55NO/c1-27(2)16-18-32(21-34-9)19-17-30(6)22(23(32)20-27)10-11-25-29(5)14-13-26(33-8)28(3,4)24(29)12-15-31(25,30)7/h10,23-26,33H,11-21H2,1-9H3/t23?,24?,25?,26-,29-,30+,31+,32+/m0/s1. The maximum absolute atomic E-state index is 5.95. The maximum Gasteiger partial charge on any atom is 0.0524 e. The molecule has 0 amide bonds. The molecule has 3 unspecified atom stereocenters. The number of hydrogen-bond acceptors (Lipinski definition) is 2. The molecule has 0 radical (unpaired) electrons. The summed E-state index contributed by atoms with van der Waals surface area (Å²) in [5.74, 6) is 2.36. The van der Waals surface area contributed by atoms with E-state index < -0.39 is 0 Å². The van der Waals surface area contributed by atoms with Gasteiger partial charge in [-0.1, -0.05) is 60.1 Å². The smallest absolute Gasteiger partial charge is 0.0524 e. The second kappa shape index (κ2) is 7.83. The first-order valence-electron chi connectivity index (χ1n) is 14.7. The third kappa shape index (κ3) is 3.19. The zero-order valence-corrected chi connectivity index (χ0v) is 24.1. The summed E-state index contributed by atoms with van der Waals surface area (Å²) in [6.07, 6.45) is 16.5. The molecule has 194 valence electrons. The molecule has 0 aliphatic heterocycles. The molecule has 2 heteroatoms. The number of rotatable bonds is 3. The fourth-order valence-corrected chi connectivity index (χ4v) is 11.4. The van der Waals surface area contributed by atoms with Crippen LogP contribution in [0.15, 0.2) is 11.6 Å². The zero-order chi connectivity index (χ0) is 24.8. The van der Waals surface area contributed by atoms with Crippen molar-refractivity contribution in [2.45, 2.75) is 119 Å². The predicted octanol–water partition coefficient (Wildman–Crippen LogP) is 8.02. The third-order valence-electron chi connectivity index (χ3n) is 13.6. The molecule has 0 heterocycles. The van der Waals surface area contributed by atoms with Crippen LogP contribution in [0.4, 0.5) is 0 Å². The normalized spacial score (nSPS) is 51.4. The zero-order valence-electron chi connectivity index (χ0n) is 24.1. The van der Waals surface area contributed by atoms with Gasteiger partial charge in [0.05, 0.1) is 6.61 Å². The summed E-state index contributed by atoms with van der Waals surface area (Å²) in [6.45, 7) is 19.4. The minimum Gasteiger partial charge on any atom is -0.384 e. The Bertz CT molecular complexity index is 842. The van der Waals surface area contributed by atoms with Gasteiger partial charge in [0, 0.05) is 18.6 Å². The van der Waals surface area contributed by atoms with Gasteiger partial charge in [-0.25, -0.2) is 0 Å². The molecule has 0 aromatic rings. The van der Waals surface area contributed by atoms with Gasteiger partial charge in [-0.15, -0.1) is 0 Å². The molecule has 0 aromatic carbocycles. The van der Waals surface area contributed by atoms with E-state index in [1.54, 1.807) is 0 Å². The molecule has 0 spiro atoms. The summed E-state index contributed by atoms with van der Waals surface area (Å²) in [5, 5.41) is 3.71. The first-order chi connectivity index (χ1) is 15.8. The quantitative estimate of drug-likeness (QED) is 0.422. The van der Waals surface area contributed by atoms with E-state index in [1.165, 1.54) is 64.2 Å². The van der Waals surface area contributed by atoms with Gasteiger partial charge in [-0.2, -0.15) is 0 Å². The summed E-state index contributed by atoms with van der Waals surface area (Å²) >= 11 is 0. The average molecular weight is 470 g/mol. The topological polar surface area (TPSA) is 21.3 Å². The highest BCUT2D eigenvalue weighted by atomic mass is 16.5. The van der Waals surface area contributed by atoms with Gasteiger partial charge < -0.3 is 10.1 Å². The SMILES string of the molecule is CN[C@H]1CC[C@@]2(C)C(CC[C@]3(C)C2CC=C2C4CC(C)(C)CC[C@]4(COC)CC[C@]23C)C1(C)C. The first kappa shape index (κ1) is 25.3. The van der Waals surface area contributed by atoms with E-state index in [1.807, 2.05) is 12.7 Å². The van der Waals surface area contributed by atoms with Crippen LogP contribution < -0.4 is 5.32 Å². The van der Waals surface area contributed by atoms with E-state index >= 15 is 0 Å². The van der Waals surface area contributed by atoms with Crippen LogP contribution in [0.3, 0.4) is 0 Å². The number of fused-ring (bicyclic) bond motifs is 7. The molecule has 4 saturated carbocycles. The third-order valence-corrected chi connectivity index (χ3v) is 13.6. The number of allylic oxidation sites excluding steroid dienone is 2. The molecule has 2 nitrogen and oxygen atoms in total. The van der Waals surface area contributed by atoms with Gasteiger partial charge in [0.2, 0.25) is 0 Å². The molecule has 5 rings (SSSR count). The maximum atomic E-state index is 5.95. The van der Waals surface area contributed by atoms with Crippen LogP contribution in [0.5, 0.6) is 0 Å². The Hall–Kier alpha value is -0.340. The van der Waals surface area contributed by atoms with Crippen LogP contribution >= 0.6 is 0 Å². The first-order valence-corrected chi connectivity index (χ1v) is 14.7. The predicted molar refractivity (Wildman–Crippen MR) is 144 cm³/mol. The highest BCUT2D eigenvalue weighted by molar-refractivity contribution is 5.34. The Kier molecular flexibility index (Phi) is 5.83. The van der Waals surface area contributed by atoms with E-state index in [2.05, 4.69) is 66.9 Å². The van der Waals surface area contributed by atoms with Crippen molar-refractivity contribution < 1.29 is 4.74 Å². The van der Waals surface area contributed by atoms with Gasteiger partial charge in [-0.3, -0.25) is 0 Å². The molecular formula is C32H55NO. The average Bonchev–Trinajstić information content (AvgIpc) is 2.75. The van der Waals surface area contributed by atoms with Gasteiger partial charge in [-0.05, 0) is 116 Å². The summed E-state index contributed by atoms with van der Waals surface area (Å²) < 4.78 is 5.95. The monoisotopic (exact) mass is 469 g/mol. The van der Waals surface area contributed by atoms with E-state index in [0.717, 1.165) is 24.4 Å². The number of nitrogens with one attached hydrogen (secondary N) is 1. The molecule has 8 atom stereocenters. The Morgan fingerprint density at radius 3 is 2.26 bits per heavy atom. The van der Waals surface area contributed by atoms with Gasteiger partial charge in [0.1, 0.15) is 0 Å². The van der Waals surface area contributed by atoms with Crippen molar-refractivity contribution in [1.29, 1.82) is 0 Å². The molecule has 1 N–H and O–H groups in total. The number of hydrogen-bond donors (Lipinski definition) is 1. The Balaban J connectivity index is 1.56. The number of methoxy groups -OCH3 is 1. The van der Waals surface area contributed by atoms with Gasteiger partial charge >= 0.3 is 0 Å². The minimum atomic E-state index is 0.350. The van der Waals surface area contributed by atoms with Crippen molar-refractivity contribution in [2.24, 2.45) is 50.2 Å². The van der Waals surface area contributed by atoms with Crippen molar-refractivity contribution in [3.8, 4) is 0 Å². The van der Waals surface area contributed by atoms with Crippen molar-refractivity contribution in [3.63, 3.8) is 0 Å². The highest BCUT2D eigenvalue weighted by Crippen LogP contribution is 2.75. The summed E-state index contributed by atoms with van der Waals surface area (Å²) in [6, 6.07) is 0.661. The second-order valence-corrected chi connectivity index (χ2v) is 15.7. The van der Waals surface area contributed by atoms with Crippen molar-refractivity contribution in [3.05, 3.63) is 11.6 Å². The van der Waals surface area contributed by atoms with E-state index in [4.69, 9.17) is 4.74 Å². The molecule has 0 aromatic heterocycles. The lowest BCUT2D eigenvalue weighted by molar-refractivity contribution is -0.188. The van der Waals surface area contributed by atoms with Crippen molar-refractivity contribution in [2.75, 3.05) is 20.8 Å². The summed E-state index contributed by atoms with van der Waals surface area (Å²) in [4.78, 5) is 0. The van der Waals surface area contributed by atoms with Crippen molar-refractivity contribution >= 4 is 0 Å². The Morgan fingerprint density at radius 2 is 1.59 bits per heavy atom. The molecule has 4 fully saturated rings. The molecule has 5 aliphatic carbocycles. The van der Waals surface area contributed by atoms with Crippen LogP contribution in [0.1, 0.15) is 113 Å². The summed E-state index contributed by atoms with van der Waals surface area (Å²) in [7, 11) is 4.13. The van der Waals surface area contributed by atoms with Crippen LogP contribution in [-0.2, 0) is 4.74 Å². The fourth-order valence-electron chi connectivity index (χ4n) is 11.4. The molecular weight excluding hydrogens is 414 g/mol. The lowest BCUT2D eigenvalue weighted by Gasteiger charge is -2.71. The molecule has 5 aliphatic rings. The second-order valence-electron chi connectivity index (χ2n) is 15.7. The molecule has 34 heavy (non-hydrogen) atoms. The Morgan fingerprint density at radius 1 is 0.882 bits per heavy atom. The van der Waals surface area contributed by atoms with Crippen LogP contribution in [-0.4, -0.2) is 26.8 Å². The Labute approximate surface area is 211 Å². The summed E-state index contributed by atoms with van der Waals surface area (Å²) in [5.41, 5.74) is 4.32. The van der Waals surface area contributed by atoms with Gasteiger partial charge in [0.15, 0.2) is 0 Å². The van der Waals surface area contributed by atoms with Crippen molar-refractivity contribution in [1.82, 2.24) is 5.32 Å². The van der Waals surface area contributed by atoms with Crippen LogP contribution in [0.2, 0.25) is 0 Å². The lowest BCUT2D eigenvalue weighted by atomic mass is 9.33. The lowest BCUT2D eigenvalue weighted by Crippen LogP contribution is -2.65.